The highest BCUT2D eigenvalue weighted by Crippen LogP contribution is 2.16. The molecule has 19 heavy (non-hydrogen) atoms. The minimum atomic E-state index is -0.144. The van der Waals surface area contributed by atoms with E-state index in [0.717, 1.165) is 39.1 Å². The van der Waals surface area contributed by atoms with Gasteiger partial charge in [-0.15, -0.1) is 0 Å². The molecule has 0 saturated carbocycles. The highest BCUT2D eigenvalue weighted by atomic mass is 16.5. The Morgan fingerprint density at radius 1 is 1.42 bits per heavy atom. The highest BCUT2D eigenvalue weighted by Gasteiger charge is 2.25. The van der Waals surface area contributed by atoms with Gasteiger partial charge in [0.05, 0.1) is 12.7 Å². The molecule has 0 aliphatic carbocycles. The van der Waals surface area contributed by atoms with E-state index in [1.54, 1.807) is 0 Å². The summed E-state index contributed by atoms with van der Waals surface area (Å²) in [5.41, 5.74) is -0.144. The maximum Gasteiger partial charge on any atom is 0.0702 e. The lowest BCUT2D eigenvalue weighted by molar-refractivity contribution is 0.00270. The molecule has 4 heteroatoms. The van der Waals surface area contributed by atoms with Crippen LogP contribution in [0.25, 0.3) is 0 Å². The molecular formula is C15H32N2O2. The Labute approximate surface area is 118 Å². The molecule has 0 aromatic heterocycles. The van der Waals surface area contributed by atoms with Gasteiger partial charge in [0.2, 0.25) is 0 Å². The molecule has 114 valence electrons. The molecule has 2 N–H and O–H groups in total. The number of likely N-dealkylation sites (tertiary alicyclic amines) is 1. The van der Waals surface area contributed by atoms with Crippen molar-refractivity contribution in [1.82, 2.24) is 10.2 Å². The van der Waals surface area contributed by atoms with Crippen LogP contribution in [0.4, 0.5) is 0 Å². The van der Waals surface area contributed by atoms with Gasteiger partial charge in [-0.05, 0) is 52.6 Å². The summed E-state index contributed by atoms with van der Waals surface area (Å²) in [7, 11) is 0. The van der Waals surface area contributed by atoms with Gasteiger partial charge in [0, 0.05) is 25.2 Å². The summed E-state index contributed by atoms with van der Waals surface area (Å²) in [6.45, 7) is 11.6. The summed E-state index contributed by atoms with van der Waals surface area (Å²) in [4.78, 5) is 2.48. The molecule has 4 nitrogen and oxygen atoms in total. The zero-order chi connectivity index (χ0) is 14.1. The molecule has 0 aromatic carbocycles. The van der Waals surface area contributed by atoms with Crippen molar-refractivity contribution in [3.05, 3.63) is 0 Å². The molecule has 1 aliphatic rings. The van der Waals surface area contributed by atoms with Crippen LogP contribution in [0.15, 0.2) is 0 Å². The van der Waals surface area contributed by atoms with Crippen LogP contribution in [0, 0.1) is 0 Å². The Morgan fingerprint density at radius 2 is 2.21 bits per heavy atom. The number of hydrogen-bond donors (Lipinski definition) is 2. The van der Waals surface area contributed by atoms with E-state index in [2.05, 4.69) is 31.0 Å². The second kappa shape index (κ2) is 8.90. The lowest BCUT2D eigenvalue weighted by Crippen LogP contribution is -2.49. The second-order valence-corrected chi connectivity index (χ2v) is 5.92. The Hall–Kier alpha value is -0.160. The average molecular weight is 272 g/mol. The van der Waals surface area contributed by atoms with Crippen molar-refractivity contribution in [2.45, 2.75) is 58.1 Å². The van der Waals surface area contributed by atoms with Gasteiger partial charge in [0.15, 0.2) is 0 Å². The molecule has 0 bridgehead atoms. The number of aliphatic hydroxyl groups is 1. The number of nitrogens with one attached hydrogen (secondary N) is 1. The normalized spacial score (nSPS) is 24.3. The zero-order valence-corrected chi connectivity index (χ0v) is 13.0. The third-order valence-electron chi connectivity index (χ3n) is 4.00. The van der Waals surface area contributed by atoms with E-state index in [1.807, 2.05) is 0 Å². The Balaban J connectivity index is 2.32. The van der Waals surface area contributed by atoms with Crippen molar-refractivity contribution in [3.8, 4) is 0 Å². The van der Waals surface area contributed by atoms with Gasteiger partial charge in [0.1, 0.15) is 0 Å². The summed E-state index contributed by atoms with van der Waals surface area (Å²) in [6.07, 6.45) is 4.91. The smallest absolute Gasteiger partial charge is 0.0702 e. The van der Waals surface area contributed by atoms with Crippen LogP contribution < -0.4 is 5.32 Å². The molecule has 0 aromatic rings. The van der Waals surface area contributed by atoms with Gasteiger partial charge >= 0.3 is 0 Å². The number of nitrogens with zero attached hydrogens (tertiary/aromatic N) is 1. The van der Waals surface area contributed by atoms with Crippen LogP contribution in [0.2, 0.25) is 0 Å². The fourth-order valence-corrected chi connectivity index (χ4v) is 2.64. The minimum absolute atomic E-state index is 0.144. The fourth-order valence-electron chi connectivity index (χ4n) is 2.64. The molecule has 0 radical (unpaired) electrons. The van der Waals surface area contributed by atoms with E-state index in [1.165, 1.54) is 19.4 Å². The lowest BCUT2D eigenvalue weighted by atomic mass is 9.97. The van der Waals surface area contributed by atoms with E-state index in [-0.39, 0.29) is 12.1 Å². The first-order valence-electron chi connectivity index (χ1n) is 7.83. The summed E-state index contributed by atoms with van der Waals surface area (Å²) in [6, 6.07) is 0. The third-order valence-corrected chi connectivity index (χ3v) is 4.00. The monoisotopic (exact) mass is 272 g/mol. The average Bonchev–Trinajstić information content (AvgIpc) is 2.44. The maximum absolute atomic E-state index is 9.57. The standard InChI is InChI=1S/C15H32N2O2/c1-4-9-16-15(3,13-18)8-11-17-10-6-7-14(12-17)19-5-2/h14,16,18H,4-13H2,1-3H3. The van der Waals surface area contributed by atoms with Crippen LogP contribution in [0.1, 0.15) is 46.5 Å². The first-order valence-corrected chi connectivity index (χ1v) is 7.83. The van der Waals surface area contributed by atoms with Crippen molar-refractivity contribution in [1.29, 1.82) is 0 Å². The Kier molecular flexibility index (Phi) is 7.91. The van der Waals surface area contributed by atoms with E-state index in [9.17, 15) is 5.11 Å². The van der Waals surface area contributed by atoms with E-state index in [0.29, 0.717) is 6.10 Å². The molecule has 1 rings (SSSR count). The molecular weight excluding hydrogens is 240 g/mol. The fraction of sp³-hybridized carbons (Fsp3) is 1.00. The predicted molar refractivity (Wildman–Crippen MR) is 79.5 cm³/mol. The number of aliphatic hydroxyl groups excluding tert-OH is 1. The van der Waals surface area contributed by atoms with Crippen LogP contribution in [-0.4, -0.2) is 61.0 Å². The van der Waals surface area contributed by atoms with Gasteiger partial charge < -0.3 is 20.1 Å². The van der Waals surface area contributed by atoms with Gasteiger partial charge in [-0.25, -0.2) is 0 Å². The van der Waals surface area contributed by atoms with Crippen molar-refractivity contribution in [2.75, 3.05) is 39.4 Å². The quantitative estimate of drug-likeness (QED) is 0.669. The molecule has 1 heterocycles. The van der Waals surface area contributed by atoms with Crippen LogP contribution in [-0.2, 0) is 4.74 Å². The number of rotatable bonds is 9. The van der Waals surface area contributed by atoms with Crippen molar-refractivity contribution in [2.24, 2.45) is 0 Å². The SMILES string of the molecule is CCCNC(C)(CO)CCN1CCCC(OCC)C1. The molecule has 2 unspecified atom stereocenters. The Morgan fingerprint density at radius 3 is 2.84 bits per heavy atom. The number of piperidine rings is 1. The van der Waals surface area contributed by atoms with Crippen LogP contribution in [0.3, 0.4) is 0 Å². The number of ether oxygens (including phenoxy) is 1. The van der Waals surface area contributed by atoms with Crippen LogP contribution in [0.5, 0.6) is 0 Å². The topological polar surface area (TPSA) is 44.7 Å². The molecule has 0 amide bonds. The van der Waals surface area contributed by atoms with Crippen molar-refractivity contribution in [3.63, 3.8) is 0 Å². The zero-order valence-electron chi connectivity index (χ0n) is 13.0. The van der Waals surface area contributed by atoms with Gasteiger partial charge in [-0.2, -0.15) is 0 Å². The summed E-state index contributed by atoms with van der Waals surface area (Å²) < 4.78 is 5.73. The van der Waals surface area contributed by atoms with Crippen LogP contribution >= 0.6 is 0 Å². The second-order valence-electron chi connectivity index (χ2n) is 5.92. The van der Waals surface area contributed by atoms with Crippen molar-refractivity contribution >= 4 is 0 Å². The molecule has 1 aliphatic heterocycles. The lowest BCUT2D eigenvalue weighted by Gasteiger charge is -2.36. The van der Waals surface area contributed by atoms with E-state index in [4.69, 9.17) is 4.74 Å². The predicted octanol–water partition coefficient (Wildman–Crippen LogP) is 1.63. The summed E-state index contributed by atoms with van der Waals surface area (Å²) in [5, 5.41) is 13.0. The Bertz CT molecular complexity index is 236. The highest BCUT2D eigenvalue weighted by molar-refractivity contribution is 4.84. The van der Waals surface area contributed by atoms with Gasteiger partial charge in [-0.3, -0.25) is 0 Å². The maximum atomic E-state index is 9.57. The van der Waals surface area contributed by atoms with Gasteiger partial charge in [0.25, 0.3) is 0 Å². The molecule has 2 atom stereocenters. The summed E-state index contributed by atoms with van der Waals surface area (Å²) in [5.74, 6) is 0. The van der Waals surface area contributed by atoms with Gasteiger partial charge in [-0.1, -0.05) is 6.92 Å². The molecule has 1 saturated heterocycles. The minimum Gasteiger partial charge on any atom is -0.394 e. The number of hydrogen-bond acceptors (Lipinski definition) is 4. The summed E-state index contributed by atoms with van der Waals surface area (Å²) >= 11 is 0. The first kappa shape index (κ1) is 16.9. The third kappa shape index (κ3) is 6.21. The molecule has 0 spiro atoms. The molecule has 1 fully saturated rings. The first-order chi connectivity index (χ1) is 9.13. The van der Waals surface area contributed by atoms with E-state index < -0.39 is 0 Å². The van der Waals surface area contributed by atoms with E-state index >= 15 is 0 Å². The van der Waals surface area contributed by atoms with Crippen molar-refractivity contribution < 1.29 is 9.84 Å². The largest absolute Gasteiger partial charge is 0.394 e.